The topological polar surface area (TPSA) is 86.2 Å². The zero-order chi connectivity index (χ0) is 42.2. The number of pyridine rings is 2. The lowest BCUT2D eigenvalue weighted by Gasteiger charge is -2.41. The highest BCUT2D eigenvalue weighted by atomic mass is 16.5. The van der Waals surface area contributed by atoms with Gasteiger partial charge in [0.2, 0.25) is 0 Å². The molecule has 0 N–H and O–H groups in total. The largest absolute Gasteiger partial charge is 0.453 e. The molecule has 300 valence electrons. The fraction of sp³-hybridized carbons (Fsp3) is 0.0179. The van der Waals surface area contributed by atoms with Crippen molar-refractivity contribution in [2.45, 2.75) is 5.41 Å². The van der Waals surface area contributed by atoms with Gasteiger partial charge in [-0.2, -0.15) is 0 Å². The van der Waals surface area contributed by atoms with Crippen molar-refractivity contribution >= 4 is 17.1 Å². The molecule has 3 aromatic heterocycles. The molecule has 0 amide bonds. The average Bonchev–Trinajstić information content (AvgIpc) is 3.66. The van der Waals surface area contributed by atoms with Crippen LogP contribution in [0.4, 0.5) is 17.1 Å². The molecule has 8 nitrogen and oxygen atoms in total. The number of anilines is 3. The van der Waals surface area contributed by atoms with Crippen LogP contribution < -0.4 is 14.4 Å². The van der Waals surface area contributed by atoms with E-state index in [1.807, 2.05) is 116 Å². The molecule has 2 aliphatic heterocycles. The van der Waals surface area contributed by atoms with Crippen molar-refractivity contribution < 1.29 is 9.47 Å². The highest BCUT2D eigenvalue weighted by Gasteiger charge is 2.54. The lowest BCUT2D eigenvalue weighted by atomic mass is 9.66. The molecular formula is C56H34N6O2. The van der Waals surface area contributed by atoms with Crippen molar-refractivity contribution in [2.24, 2.45) is 0 Å². The molecule has 3 aliphatic rings. The Morgan fingerprint density at radius 1 is 0.375 bits per heavy atom. The van der Waals surface area contributed by atoms with Gasteiger partial charge in [0.05, 0.1) is 28.2 Å². The van der Waals surface area contributed by atoms with Gasteiger partial charge in [-0.25, -0.2) is 15.0 Å². The Hall–Kier alpha value is -8.75. The quantitative estimate of drug-likeness (QED) is 0.170. The second kappa shape index (κ2) is 14.2. The van der Waals surface area contributed by atoms with E-state index in [0.717, 1.165) is 90.0 Å². The lowest BCUT2D eigenvalue weighted by molar-refractivity contribution is 0.391. The van der Waals surface area contributed by atoms with Crippen LogP contribution in [0.25, 0.3) is 56.7 Å². The number of benzene rings is 7. The van der Waals surface area contributed by atoms with Gasteiger partial charge in [-0.1, -0.05) is 140 Å². The van der Waals surface area contributed by atoms with E-state index in [1.165, 1.54) is 0 Å². The summed E-state index contributed by atoms with van der Waals surface area (Å²) in [6.45, 7) is 0. The Kier molecular flexibility index (Phi) is 7.95. The summed E-state index contributed by atoms with van der Waals surface area (Å²) in [5, 5.41) is 0. The molecule has 5 heterocycles. The molecule has 10 aromatic rings. The summed E-state index contributed by atoms with van der Waals surface area (Å²) in [7, 11) is 0. The number of hydrogen-bond donors (Lipinski definition) is 0. The van der Waals surface area contributed by atoms with Crippen LogP contribution in [0.15, 0.2) is 207 Å². The monoisotopic (exact) mass is 822 g/mol. The molecule has 64 heavy (non-hydrogen) atoms. The van der Waals surface area contributed by atoms with Gasteiger partial charge in [-0.3, -0.25) is 9.97 Å². The third kappa shape index (κ3) is 5.39. The van der Waals surface area contributed by atoms with Crippen LogP contribution in [0, 0.1) is 0 Å². The number of fused-ring (bicyclic) bond motifs is 12. The summed E-state index contributed by atoms with van der Waals surface area (Å²) in [6.07, 6.45) is 3.80. The maximum Gasteiger partial charge on any atom is 0.194 e. The Labute approximate surface area is 368 Å². The van der Waals surface area contributed by atoms with Gasteiger partial charge in [-0.15, -0.1) is 0 Å². The molecule has 0 saturated carbocycles. The highest BCUT2D eigenvalue weighted by Crippen LogP contribution is 2.65. The third-order valence-corrected chi connectivity index (χ3v) is 12.5. The van der Waals surface area contributed by atoms with E-state index in [4.69, 9.17) is 34.4 Å². The number of ether oxygens (including phenoxy) is 2. The minimum Gasteiger partial charge on any atom is -0.453 e. The summed E-state index contributed by atoms with van der Waals surface area (Å²) in [4.78, 5) is 27.5. The summed E-state index contributed by atoms with van der Waals surface area (Å²) in [5.41, 5.74) is 12.3. The summed E-state index contributed by atoms with van der Waals surface area (Å²) in [5.74, 6) is 4.59. The van der Waals surface area contributed by atoms with Gasteiger partial charge in [0.1, 0.15) is 5.75 Å². The number of hydrogen-bond acceptors (Lipinski definition) is 8. The molecular weight excluding hydrogens is 789 g/mol. The predicted molar refractivity (Wildman–Crippen MR) is 249 cm³/mol. The van der Waals surface area contributed by atoms with E-state index in [9.17, 15) is 0 Å². The van der Waals surface area contributed by atoms with E-state index in [2.05, 4.69) is 95.9 Å². The first-order valence-electron chi connectivity index (χ1n) is 21.2. The van der Waals surface area contributed by atoms with Crippen LogP contribution in [-0.2, 0) is 5.41 Å². The average molecular weight is 823 g/mol. The second-order valence-electron chi connectivity index (χ2n) is 16.0. The standard InChI is InChI=1S/C56H34N6O2/c1-4-16-35(17-5-1)53-59-54(36-18-6-2-7-19-36)61-55(60-53)38-21-14-20-37(32-38)39-33-44-50(58-34-39)49-42(25-15-31-57-49)56(44)41-24-10-12-27-47(41)63-51-43(56)29-30-46-52(51)64-48-28-13-11-26-45(48)62(46)40-22-8-3-9-23-40/h1-34H. The van der Waals surface area contributed by atoms with Gasteiger partial charge in [0.15, 0.2) is 34.7 Å². The first-order chi connectivity index (χ1) is 31.7. The molecule has 0 saturated heterocycles. The molecule has 1 atom stereocenters. The van der Waals surface area contributed by atoms with Crippen LogP contribution in [-0.4, -0.2) is 24.9 Å². The fourth-order valence-electron chi connectivity index (χ4n) is 9.66. The summed E-state index contributed by atoms with van der Waals surface area (Å²) < 4.78 is 14.0. The molecule has 0 fully saturated rings. The number of rotatable bonds is 5. The third-order valence-electron chi connectivity index (χ3n) is 12.5. The van der Waals surface area contributed by atoms with Crippen LogP contribution in [0.1, 0.15) is 22.3 Å². The first-order valence-corrected chi connectivity index (χ1v) is 21.2. The fourth-order valence-corrected chi connectivity index (χ4v) is 9.66. The van der Waals surface area contributed by atoms with E-state index in [1.54, 1.807) is 0 Å². The minimum absolute atomic E-state index is 0.583. The summed E-state index contributed by atoms with van der Waals surface area (Å²) in [6, 6.07) is 66.1. The minimum atomic E-state index is -0.847. The molecule has 1 aliphatic carbocycles. The van der Waals surface area contributed by atoms with Crippen LogP contribution in [0.5, 0.6) is 23.0 Å². The van der Waals surface area contributed by atoms with Gasteiger partial charge in [0.25, 0.3) is 0 Å². The van der Waals surface area contributed by atoms with Crippen molar-refractivity contribution in [3.8, 4) is 79.7 Å². The number of nitrogens with zero attached hydrogens (tertiary/aromatic N) is 6. The van der Waals surface area contributed by atoms with Gasteiger partial charge in [0, 0.05) is 57.0 Å². The van der Waals surface area contributed by atoms with Crippen molar-refractivity contribution in [1.82, 2.24) is 24.9 Å². The van der Waals surface area contributed by atoms with Crippen LogP contribution >= 0.6 is 0 Å². The zero-order valence-corrected chi connectivity index (χ0v) is 34.1. The molecule has 1 unspecified atom stereocenters. The molecule has 13 rings (SSSR count). The maximum absolute atomic E-state index is 7.04. The Morgan fingerprint density at radius 3 is 1.73 bits per heavy atom. The maximum atomic E-state index is 7.04. The second-order valence-corrected chi connectivity index (χ2v) is 16.0. The Balaban J connectivity index is 1.01. The molecule has 0 radical (unpaired) electrons. The van der Waals surface area contributed by atoms with E-state index in [-0.39, 0.29) is 0 Å². The van der Waals surface area contributed by atoms with E-state index < -0.39 is 5.41 Å². The number of aromatic nitrogens is 5. The van der Waals surface area contributed by atoms with Crippen molar-refractivity contribution in [3.05, 3.63) is 229 Å². The van der Waals surface area contributed by atoms with Crippen molar-refractivity contribution in [1.29, 1.82) is 0 Å². The molecule has 7 aromatic carbocycles. The molecule has 0 bridgehead atoms. The Bertz CT molecular complexity index is 3410. The highest BCUT2D eigenvalue weighted by molar-refractivity contribution is 5.92. The van der Waals surface area contributed by atoms with Crippen molar-refractivity contribution in [3.63, 3.8) is 0 Å². The van der Waals surface area contributed by atoms with Crippen LogP contribution in [0.2, 0.25) is 0 Å². The van der Waals surface area contributed by atoms with E-state index in [0.29, 0.717) is 29.0 Å². The molecule has 1 spiro atoms. The zero-order valence-electron chi connectivity index (χ0n) is 34.1. The molecule has 8 heteroatoms. The van der Waals surface area contributed by atoms with Crippen molar-refractivity contribution in [2.75, 3.05) is 4.90 Å². The van der Waals surface area contributed by atoms with Gasteiger partial charge >= 0.3 is 0 Å². The summed E-state index contributed by atoms with van der Waals surface area (Å²) >= 11 is 0. The first kappa shape index (κ1) is 36.0. The SMILES string of the molecule is c1ccc(-c2nc(-c3ccccc3)nc(-c3cccc(-c4cnc5c(c4)C4(c6ccccc6Oc6c4ccc4c6Oc6ccccc6N4c4ccccc4)c4cccnc4-5)c3)n2)cc1. The smallest absolute Gasteiger partial charge is 0.194 e. The lowest BCUT2D eigenvalue weighted by Crippen LogP contribution is -2.33. The van der Waals surface area contributed by atoms with Gasteiger partial charge in [-0.05, 0) is 65.7 Å². The van der Waals surface area contributed by atoms with E-state index >= 15 is 0 Å². The predicted octanol–water partition coefficient (Wildman–Crippen LogP) is 13.4. The van der Waals surface area contributed by atoms with Gasteiger partial charge < -0.3 is 14.4 Å². The van der Waals surface area contributed by atoms with Crippen LogP contribution in [0.3, 0.4) is 0 Å². The number of para-hydroxylation sites is 4. The Morgan fingerprint density at radius 2 is 0.969 bits per heavy atom. The normalized spacial score (nSPS) is 14.8.